The Labute approximate surface area is 41.0 Å². The van der Waals surface area contributed by atoms with Gasteiger partial charge in [0.25, 0.3) is 0 Å². The van der Waals surface area contributed by atoms with Gasteiger partial charge in [0.05, 0.1) is 5.88 Å². The highest BCUT2D eigenvalue weighted by molar-refractivity contribution is 6.27. The summed E-state index contributed by atoms with van der Waals surface area (Å²) in [6.45, 7) is 0. The highest BCUT2D eigenvalue weighted by Gasteiger charge is 1.79. The van der Waals surface area contributed by atoms with Gasteiger partial charge in [-0.3, -0.25) is 0 Å². The van der Waals surface area contributed by atoms with Crippen LogP contribution < -0.4 is 11.6 Å². The molecule has 0 spiro atoms. The van der Waals surface area contributed by atoms with Crippen molar-refractivity contribution in [2.24, 2.45) is 16.7 Å². The summed E-state index contributed by atoms with van der Waals surface area (Å²) in [4.78, 5) is 0. The van der Waals surface area contributed by atoms with Gasteiger partial charge in [0.1, 0.15) is 5.84 Å². The van der Waals surface area contributed by atoms with Crippen LogP contribution in [-0.2, 0) is 0 Å². The quantitative estimate of drug-likeness (QED) is 0.155. The first-order valence-corrected chi connectivity index (χ1v) is 1.93. The molecule has 0 aliphatic rings. The molecule has 36 valence electrons. The number of alkyl halides is 1. The van der Waals surface area contributed by atoms with Crippen LogP contribution in [-0.4, -0.2) is 11.7 Å². The second kappa shape index (κ2) is 2.78. The molecule has 0 bridgehead atoms. The van der Waals surface area contributed by atoms with E-state index in [-0.39, 0.29) is 11.7 Å². The van der Waals surface area contributed by atoms with E-state index in [2.05, 4.69) is 10.9 Å². The van der Waals surface area contributed by atoms with E-state index in [0.717, 1.165) is 0 Å². The molecule has 6 heavy (non-hydrogen) atoms. The second-order valence-electron chi connectivity index (χ2n) is 0.754. The Hall–Kier alpha value is -0.440. The third-order valence-electron chi connectivity index (χ3n) is 0.303. The number of nitrogens with zero attached hydrogens (tertiary/aromatic N) is 1. The number of nitrogens with two attached hydrogens (primary N) is 2. The number of hydrogen-bond acceptors (Lipinski definition) is 2. The van der Waals surface area contributed by atoms with Crippen molar-refractivity contribution >= 4 is 17.4 Å². The molecule has 0 aromatic rings. The molecule has 0 rings (SSSR count). The average Bonchev–Trinajstić information content (AvgIpc) is 1.65. The molecule has 3 nitrogen and oxygen atoms in total. The molecule has 0 fully saturated rings. The van der Waals surface area contributed by atoms with Gasteiger partial charge in [0, 0.05) is 0 Å². The van der Waals surface area contributed by atoms with E-state index in [9.17, 15) is 0 Å². The molecular weight excluding hydrogens is 101 g/mol. The largest absolute Gasteiger partial charge is 0.385 e. The summed E-state index contributed by atoms with van der Waals surface area (Å²) < 4.78 is 0. The fraction of sp³-hybridized carbons (Fsp3) is 0.500. The zero-order valence-electron chi connectivity index (χ0n) is 3.19. The van der Waals surface area contributed by atoms with Crippen LogP contribution in [0.15, 0.2) is 5.10 Å². The Morgan fingerprint density at radius 1 is 1.83 bits per heavy atom. The van der Waals surface area contributed by atoms with Crippen molar-refractivity contribution < 1.29 is 0 Å². The first kappa shape index (κ1) is 5.56. The molecule has 0 aromatic carbocycles. The summed E-state index contributed by atoms with van der Waals surface area (Å²) >= 11 is 5.12. The van der Waals surface area contributed by atoms with Crippen molar-refractivity contribution in [1.29, 1.82) is 0 Å². The Morgan fingerprint density at radius 3 is 2.33 bits per heavy atom. The van der Waals surface area contributed by atoms with Crippen LogP contribution in [0.3, 0.4) is 0 Å². The van der Waals surface area contributed by atoms with Crippen molar-refractivity contribution in [2.45, 2.75) is 0 Å². The van der Waals surface area contributed by atoms with Crippen molar-refractivity contribution in [1.82, 2.24) is 0 Å². The molecule has 0 amide bonds. The van der Waals surface area contributed by atoms with Gasteiger partial charge < -0.3 is 11.6 Å². The summed E-state index contributed by atoms with van der Waals surface area (Å²) in [7, 11) is 0. The zero-order valence-corrected chi connectivity index (χ0v) is 3.94. The van der Waals surface area contributed by atoms with E-state index >= 15 is 0 Å². The molecule has 0 aliphatic carbocycles. The Bertz CT molecular complexity index is 59.8. The molecule has 0 saturated heterocycles. The highest BCUT2D eigenvalue weighted by Crippen LogP contribution is 1.68. The van der Waals surface area contributed by atoms with E-state index in [1.165, 1.54) is 0 Å². The third-order valence-corrected chi connectivity index (χ3v) is 0.577. The molecule has 0 atom stereocenters. The van der Waals surface area contributed by atoms with Gasteiger partial charge in [-0.15, -0.1) is 11.6 Å². The number of rotatable bonds is 1. The lowest BCUT2D eigenvalue weighted by Gasteiger charge is -1.82. The van der Waals surface area contributed by atoms with E-state index in [1.807, 2.05) is 0 Å². The predicted octanol–water partition coefficient (Wildman–Crippen LogP) is -0.544. The summed E-state index contributed by atoms with van der Waals surface area (Å²) in [6, 6.07) is 0. The fourth-order valence-corrected chi connectivity index (χ4v) is 0.104. The lowest BCUT2D eigenvalue weighted by molar-refractivity contribution is 1.22. The van der Waals surface area contributed by atoms with Gasteiger partial charge in [-0.05, 0) is 0 Å². The number of halogens is 1. The van der Waals surface area contributed by atoms with Crippen molar-refractivity contribution in [3.8, 4) is 0 Å². The van der Waals surface area contributed by atoms with Crippen LogP contribution in [0.5, 0.6) is 0 Å². The molecule has 4 N–H and O–H groups in total. The SMILES string of the molecule is N/N=C(\N)CCl. The standard InChI is InChI=1S/C2H6ClN3/c3-1-2(4)6-5/h1,5H2,(H2,4,6). The molecular formula is C2H6ClN3. The van der Waals surface area contributed by atoms with Crippen molar-refractivity contribution in [2.75, 3.05) is 5.88 Å². The lowest BCUT2D eigenvalue weighted by atomic mass is 10.7. The van der Waals surface area contributed by atoms with Crippen LogP contribution in [0.4, 0.5) is 0 Å². The first-order valence-electron chi connectivity index (χ1n) is 1.39. The minimum Gasteiger partial charge on any atom is -0.385 e. The number of amidine groups is 1. The molecule has 0 unspecified atom stereocenters. The van der Waals surface area contributed by atoms with Crippen molar-refractivity contribution in [3.63, 3.8) is 0 Å². The molecule has 0 aromatic heterocycles. The van der Waals surface area contributed by atoms with Crippen LogP contribution >= 0.6 is 11.6 Å². The van der Waals surface area contributed by atoms with Gasteiger partial charge in [-0.25, -0.2) is 0 Å². The normalized spacial score (nSPS) is 11.8. The Balaban J connectivity index is 3.22. The summed E-state index contributed by atoms with van der Waals surface area (Å²) in [5, 5.41) is 3.07. The van der Waals surface area contributed by atoms with Gasteiger partial charge in [-0.2, -0.15) is 5.10 Å². The van der Waals surface area contributed by atoms with E-state index in [1.54, 1.807) is 0 Å². The van der Waals surface area contributed by atoms with Crippen LogP contribution in [0.25, 0.3) is 0 Å². The van der Waals surface area contributed by atoms with Crippen LogP contribution in [0.1, 0.15) is 0 Å². The first-order chi connectivity index (χ1) is 2.81. The average molecular weight is 108 g/mol. The number of hydrazone groups is 1. The van der Waals surface area contributed by atoms with E-state index in [4.69, 9.17) is 17.3 Å². The monoisotopic (exact) mass is 107 g/mol. The minimum atomic E-state index is 0.205. The fourth-order valence-electron chi connectivity index (χ4n) is 0.0345. The summed E-state index contributed by atoms with van der Waals surface area (Å²) in [6.07, 6.45) is 0. The predicted molar refractivity (Wildman–Crippen MR) is 26.5 cm³/mol. The van der Waals surface area contributed by atoms with Gasteiger partial charge in [-0.1, -0.05) is 0 Å². The minimum absolute atomic E-state index is 0.205. The Kier molecular flexibility index (Phi) is 2.58. The maximum Gasteiger partial charge on any atom is 0.134 e. The molecule has 0 radical (unpaired) electrons. The van der Waals surface area contributed by atoms with E-state index in [0.29, 0.717) is 0 Å². The van der Waals surface area contributed by atoms with Crippen molar-refractivity contribution in [3.05, 3.63) is 0 Å². The van der Waals surface area contributed by atoms with Gasteiger partial charge in [0.2, 0.25) is 0 Å². The molecule has 0 aliphatic heterocycles. The second-order valence-corrected chi connectivity index (χ2v) is 1.02. The maximum absolute atomic E-state index is 5.12. The zero-order chi connectivity index (χ0) is 4.99. The van der Waals surface area contributed by atoms with E-state index < -0.39 is 0 Å². The molecule has 0 heterocycles. The summed E-state index contributed by atoms with van der Waals surface area (Å²) in [5.74, 6) is 5.13. The van der Waals surface area contributed by atoms with Crippen LogP contribution in [0, 0.1) is 0 Å². The number of hydrogen-bond donors (Lipinski definition) is 2. The molecule has 0 saturated carbocycles. The highest BCUT2D eigenvalue weighted by atomic mass is 35.5. The van der Waals surface area contributed by atoms with Gasteiger partial charge >= 0.3 is 0 Å². The third kappa shape index (κ3) is 1.84. The van der Waals surface area contributed by atoms with Gasteiger partial charge in [0.15, 0.2) is 0 Å². The maximum atomic E-state index is 5.12. The summed E-state index contributed by atoms with van der Waals surface area (Å²) in [5.41, 5.74) is 4.97. The smallest absolute Gasteiger partial charge is 0.134 e. The molecule has 4 heteroatoms. The lowest BCUT2D eigenvalue weighted by Crippen LogP contribution is -2.14. The topological polar surface area (TPSA) is 64.4 Å². The van der Waals surface area contributed by atoms with Crippen LogP contribution in [0.2, 0.25) is 0 Å². The Morgan fingerprint density at radius 2 is 2.33 bits per heavy atom.